The maximum atomic E-state index is 12.2. The van der Waals surface area contributed by atoms with Crippen LogP contribution in [-0.4, -0.2) is 36.6 Å². The zero-order valence-electron chi connectivity index (χ0n) is 14.9. The molecule has 0 radical (unpaired) electrons. The number of hydrogen-bond donors (Lipinski definition) is 0. The van der Waals surface area contributed by atoms with Crippen LogP contribution in [0.3, 0.4) is 0 Å². The van der Waals surface area contributed by atoms with Crippen LogP contribution >= 0.6 is 0 Å². The molecule has 2 rings (SSSR count). The van der Waals surface area contributed by atoms with Crippen LogP contribution in [0.4, 0.5) is 0 Å². The number of nitrogens with zero attached hydrogens (tertiary/aromatic N) is 1. The van der Waals surface area contributed by atoms with Gasteiger partial charge in [-0.3, -0.25) is 9.69 Å². The molecule has 1 aliphatic heterocycles. The SMILES string of the molecule is CCCCCCCCOC(=O)C1CCN1CC1(C)C=CC=CC1. The lowest BCUT2D eigenvalue weighted by molar-refractivity contribution is -0.156. The van der Waals surface area contributed by atoms with Crippen molar-refractivity contribution in [2.24, 2.45) is 5.41 Å². The van der Waals surface area contributed by atoms with Gasteiger partial charge >= 0.3 is 5.97 Å². The van der Waals surface area contributed by atoms with E-state index < -0.39 is 0 Å². The summed E-state index contributed by atoms with van der Waals surface area (Å²) in [7, 11) is 0. The molecular weight excluding hydrogens is 286 g/mol. The van der Waals surface area contributed by atoms with Crippen LogP contribution in [-0.2, 0) is 9.53 Å². The van der Waals surface area contributed by atoms with Crippen molar-refractivity contribution in [1.82, 2.24) is 4.90 Å². The van der Waals surface area contributed by atoms with Crippen LogP contribution < -0.4 is 0 Å². The lowest BCUT2D eigenvalue weighted by Gasteiger charge is -2.44. The van der Waals surface area contributed by atoms with Gasteiger partial charge in [-0.1, -0.05) is 70.3 Å². The summed E-state index contributed by atoms with van der Waals surface area (Å²) in [6.07, 6.45) is 18.1. The monoisotopic (exact) mass is 319 g/mol. The van der Waals surface area contributed by atoms with Crippen molar-refractivity contribution in [3.8, 4) is 0 Å². The number of esters is 1. The molecule has 0 spiro atoms. The predicted molar refractivity (Wildman–Crippen MR) is 95.3 cm³/mol. The molecule has 1 fully saturated rings. The number of unbranched alkanes of at least 4 members (excludes halogenated alkanes) is 5. The normalized spacial score (nSPS) is 27.0. The Labute approximate surface area is 141 Å². The van der Waals surface area contributed by atoms with Crippen LogP contribution in [0.25, 0.3) is 0 Å². The van der Waals surface area contributed by atoms with Gasteiger partial charge in [0, 0.05) is 18.5 Å². The molecule has 1 heterocycles. The molecule has 1 aliphatic carbocycles. The van der Waals surface area contributed by atoms with Crippen LogP contribution in [0.5, 0.6) is 0 Å². The molecule has 1 saturated heterocycles. The van der Waals surface area contributed by atoms with Gasteiger partial charge in [-0.05, 0) is 19.3 Å². The summed E-state index contributed by atoms with van der Waals surface area (Å²) in [5, 5.41) is 0. The standard InChI is InChI=1S/C20H33NO2/c1-3-4-5-6-7-11-16-23-19(22)18-12-15-21(18)17-20(2)13-9-8-10-14-20/h8-10,13,18H,3-7,11-12,14-17H2,1-2H3. The summed E-state index contributed by atoms with van der Waals surface area (Å²) in [4.78, 5) is 14.5. The fraction of sp³-hybridized carbons (Fsp3) is 0.750. The largest absolute Gasteiger partial charge is 0.465 e. The first-order chi connectivity index (χ1) is 11.1. The van der Waals surface area contributed by atoms with E-state index in [0.29, 0.717) is 6.61 Å². The zero-order chi connectivity index (χ0) is 16.5. The Morgan fingerprint density at radius 1 is 1.22 bits per heavy atom. The van der Waals surface area contributed by atoms with Gasteiger partial charge in [0.05, 0.1) is 6.61 Å². The van der Waals surface area contributed by atoms with E-state index in [0.717, 1.165) is 32.4 Å². The van der Waals surface area contributed by atoms with E-state index >= 15 is 0 Å². The molecule has 2 atom stereocenters. The van der Waals surface area contributed by atoms with Crippen LogP contribution in [0.1, 0.15) is 65.2 Å². The van der Waals surface area contributed by atoms with Crippen molar-refractivity contribution in [2.75, 3.05) is 19.7 Å². The molecular formula is C20H33NO2. The lowest BCUT2D eigenvalue weighted by Crippen LogP contribution is -2.55. The van der Waals surface area contributed by atoms with Crippen LogP contribution in [0.2, 0.25) is 0 Å². The number of hydrogen-bond acceptors (Lipinski definition) is 3. The second-order valence-electron chi connectivity index (χ2n) is 7.36. The van der Waals surface area contributed by atoms with Crippen molar-refractivity contribution in [2.45, 2.75) is 71.3 Å². The first kappa shape index (κ1) is 18.3. The summed E-state index contributed by atoms with van der Waals surface area (Å²) < 4.78 is 5.49. The minimum atomic E-state index is -0.0104. The number of carbonyl (C=O) groups is 1. The van der Waals surface area contributed by atoms with E-state index in [9.17, 15) is 4.79 Å². The third kappa shape index (κ3) is 5.80. The number of allylic oxidation sites excluding steroid dienone is 3. The predicted octanol–water partition coefficient (Wildman–Crippen LogP) is 4.49. The molecule has 0 aromatic heterocycles. The van der Waals surface area contributed by atoms with Crippen LogP contribution in [0.15, 0.2) is 24.3 Å². The van der Waals surface area contributed by atoms with Crippen molar-refractivity contribution in [3.63, 3.8) is 0 Å². The van der Waals surface area contributed by atoms with Gasteiger partial charge in [0.2, 0.25) is 0 Å². The minimum absolute atomic E-state index is 0.00813. The molecule has 0 amide bonds. The van der Waals surface area contributed by atoms with E-state index in [1.54, 1.807) is 0 Å². The summed E-state index contributed by atoms with van der Waals surface area (Å²) in [6, 6.07) is -0.00813. The highest BCUT2D eigenvalue weighted by atomic mass is 16.5. The Bertz CT molecular complexity index is 429. The molecule has 0 N–H and O–H groups in total. The number of likely N-dealkylation sites (tertiary alicyclic amines) is 1. The van der Waals surface area contributed by atoms with Crippen molar-refractivity contribution in [1.29, 1.82) is 0 Å². The molecule has 130 valence electrons. The highest BCUT2D eigenvalue weighted by Gasteiger charge is 2.38. The van der Waals surface area contributed by atoms with E-state index in [-0.39, 0.29) is 17.4 Å². The molecule has 0 saturated carbocycles. The second kappa shape index (κ2) is 9.27. The lowest BCUT2D eigenvalue weighted by atomic mass is 9.81. The van der Waals surface area contributed by atoms with Crippen LogP contribution in [0, 0.1) is 5.41 Å². The average molecular weight is 319 g/mol. The Balaban J connectivity index is 1.61. The first-order valence-corrected chi connectivity index (χ1v) is 9.40. The summed E-state index contributed by atoms with van der Waals surface area (Å²) >= 11 is 0. The highest BCUT2D eigenvalue weighted by Crippen LogP contribution is 2.32. The Kier molecular flexibility index (Phi) is 7.35. The average Bonchev–Trinajstić information content (AvgIpc) is 2.51. The molecule has 23 heavy (non-hydrogen) atoms. The van der Waals surface area contributed by atoms with Gasteiger partial charge in [-0.25, -0.2) is 0 Å². The van der Waals surface area contributed by atoms with E-state index in [4.69, 9.17) is 4.74 Å². The molecule has 2 unspecified atom stereocenters. The van der Waals surface area contributed by atoms with Gasteiger partial charge in [-0.15, -0.1) is 0 Å². The van der Waals surface area contributed by atoms with Crippen molar-refractivity contribution >= 4 is 5.97 Å². The van der Waals surface area contributed by atoms with E-state index in [1.807, 2.05) is 0 Å². The van der Waals surface area contributed by atoms with Crippen molar-refractivity contribution in [3.05, 3.63) is 24.3 Å². The highest BCUT2D eigenvalue weighted by molar-refractivity contribution is 5.76. The Hall–Kier alpha value is -1.09. The van der Waals surface area contributed by atoms with Gasteiger partial charge in [0.1, 0.15) is 6.04 Å². The van der Waals surface area contributed by atoms with E-state index in [2.05, 4.69) is 43.1 Å². The molecule has 3 nitrogen and oxygen atoms in total. The fourth-order valence-electron chi connectivity index (χ4n) is 3.40. The zero-order valence-corrected chi connectivity index (χ0v) is 14.9. The summed E-state index contributed by atoms with van der Waals surface area (Å²) in [6.45, 7) is 7.06. The summed E-state index contributed by atoms with van der Waals surface area (Å²) in [5.74, 6) is -0.0104. The molecule has 0 aromatic rings. The van der Waals surface area contributed by atoms with Crippen molar-refractivity contribution < 1.29 is 9.53 Å². The van der Waals surface area contributed by atoms with Gasteiger partial charge in [0.25, 0.3) is 0 Å². The number of carbonyl (C=O) groups excluding carboxylic acids is 1. The molecule has 0 bridgehead atoms. The van der Waals surface area contributed by atoms with Gasteiger partial charge < -0.3 is 4.74 Å². The summed E-state index contributed by atoms with van der Waals surface area (Å²) in [5.41, 5.74) is 0.160. The minimum Gasteiger partial charge on any atom is -0.465 e. The first-order valence-electron chi connectivity index (χ1n) is 9.40. The number of ether oxygens (including phenoxy) is 1. The smallest absolute Gasteiger partial charge is 0.323 e. The quantitative estimate of drug-likeness (QED) is 0.439. The van der Waals surface area contributed by atoms with Gasteiger partial charge in [0.15, 0.2) is 0 Å². The molecule has 2 aliphatic rings. The van der Waals surface area contributed by atoms with E-state index in [1.165, 1.54) is 32.1 Å². The maximum Gasteiger partial charge on any atom is 0.323 e. The topological polar surface area (TPSA) is 29.5 Å². The Morgan fingerprint density at radius 2 is 2.00 bits per heavy atom. The fourth-order valence-corrected chi connectivity index (χ4v) is 3.40. The second-order valence-corrected chi connectivity index (χ2v) is 7.36. The van der Waals surface area contributed by atoms with Gasteiger partial charge in [-0.2, -0.15) is 0 Å². The third-order valence-corrected chi connectivity index (χ3v) is 5.04. The third-order valence-electron chi connectivity index (χ3n) is 5.04. The molecule has 3 heteroatoms. The maximum absolute atomic E-state index is 12.2. The Morgan fingerprint density at radius 3 is 2.65 bits per heavy atom. The molecule has 0 aromatic carbocycles. The number of rotatable bonds is 10.